The normalized spacial score (nSPS) is 30.1. The number of morpholine rings is 1. The highest BCUT2D eigenvalue weighted by Crippen LogP contribution is 2.07. The lowest BCUT2D eigenvalue weighted by molar-refractivity contribution is -0.138. The maximum Gasteiger partial charge on any atom is 0.293 e. The Hall–Kier alpha value is -0.690. The van der Waals surface area contributed by atoms with E-state index < -0.39 is 0 Å². The second-order valence-corrected chi connectivity index (χ2v) is 7.16. The Morgan fingerprint density at radius 3 is 2.45 bits per heavy atom. The quantitative estimate of drug-likeness (QED) is 0.744. The van der Waals surface area contributed by atoms with E-state index in [0.29, 0.717) is 24.6 Å². The highest BCUT2D eigenvalue weighted by molar-refractivity contribution is 5.37. The third-order valence-electron chi connectivity index (χ3n) is 3.79. The number of nitrogens with zero attached hydrogens (tertiary/aromatic N) is 1. The van der Waals surface area contributed by atoms with E-state index in [9.17, 15) is 4.79 Å². The van der Waals surface area contributed by atoms with Gasteiger partial charge in [-0.1, -0.05) is 0 Å². The third kappa shape index (κ3) is 8.08. The Morgan fingerprint density at radius 2 is 2.00 bits per heavy atom. The molecule has 2 unspecified atom stereocenters. The molecule has 0 saturated carbocycles. The van der Waals surface area contributed by atoms with Crippen molar-refractivity contribution in [1.29, 1.82) is 0 Å². The van der Waals surface area contributed by atoms with Gasteiger partial charge in [0.05, 0.1) is 13.2 Å². The van der Waals surface area contributed by atoms with Crippen molar-refractivity contribution in [3.63, 3.8) is 0 Å². The molecule has 0 aromatic heterocycles. The molecule has 0 aliphatic carbocycles. The summed E-state index contributed by atoms with van der Waals surface area (Å²) in [6.07, 6.45) is 0. The molecular formula is C16H33N3O3. The summed E-state index contributed by atoms with van der Waals surface area (Å²) in [5.41, 5.74) is -0.318. The topological polar surface area (TPSA) is 62.8 Å². The van der Waals surface area contributed by atoms with Crippen LogP contribution in [0.15, 0.2) is 0 Å². The van der Waals surface area contributed by atoms with E-state index >= 15 is 0 Å². The number of rotatable bonds is 3. The molecule has 2 rings (SSSR count). The average molecular weight is 315 g/mol. The largest absolute Gasteiger partial charge is 0.462 e. The highest BCUT2D eigenvalue weighted by atomic mass is 16.5. The van der Waals surface area contributed by atoms with Crippen molar-refractivity contribution in [1.82, 2.24) is 15.5 Å². The summed E-state index contributed by atoms with van der Waals surface area (Å²) in [4.78, 5) is 12.1. The minimum atomic E-state index is -0.318. The van der Waals surface area contributed by atoms with Crippen LogP contribution < -0.4 is 10.6 Å². The minimum Gasteiger partial charge on any atom is -0.462 e. The van der Waals surface area contributed by atoms with Crippen LogP contribution in [-0.4, -0.2) is 74.5 Å². The van der Waals surface area contributed by atoms with Crippen molar-refractivity contribution in [2.24, 2.45) is 0 Å². The van der Waals surface area contributed by atoms with Gasteiger partial charge in [-0.25, -0.2) is 0 Å². The summed E-state index contributed by atoms with van der Waals surface area (Å²) in [6, 6.07) is 1.78. The van der Waals surface area contributed by atoms with Gasteiger partial charge in [0, 0.05) is 44.3 Å². The number of carbonyl (C=O) groups is 1. The van der Waals surface area contributed by atoms with E-state index in [1.54, 1.807) is 0 Å². The molecule has 6 nitrogen and oxygen atoms in total. The van der Waals surface area contributed by atoms with Crippen molar-refractivity contribution in [2.75, 3.05) is 39.4 Å². The van der Waals surface area contributed by atoms with Crippen molar-refractivity contribution in [2.45, 2.75) is 58.3 Å². The van der Waals surface area contributed by atoms with Crippen LogP contribution in [0.25, 0.3) is 0 Å². The molecule has 3 atom stereocenters. The molecule has 130 valence electrons. The first-order valence-electron chi connectivity index (χ1n) is 8.22. The van der Waals surface area contributed by atoms with Crippen LogP contribution in [0.1, 0.15) is 34.6 Å². The lowest BCUT2D eigenvalue weighted by Crippen LogP contribution is -2.59. The van der Waals surface area contributed by atoms with Crippen LogP contribution in [-0.2, 0) is 14.3 Å². The molecule has 0 bridgehead atoms. The molecule has 22 heavy (non-hydrogen) atoms. The molecule has 0 aromatic rings. The van der Waals surface area contributed by atoms with Gasteiger partial charge in [0.1, 0.15) is 5.60 Å². The maximum absolute atomic E-state index is 9.60. The van der Waals surface area contributed by atoms with Gasteiger partial charge in [0.15, 0.2) is 0 Å². The second-order valence-electron chi connectivity index (χ2n) is 7.16. The fourth-order valence-corrected chi connectivity index (χ4v) is 2.42. The fourth-order valence-electron chi connectivity index (χ4n) is 2.42. The van der Waals surface area contributed by atoms with Crippen LogP contribution in [0.4, 0.5) is 0 Å². The Kier molecular flexibility index (Phi) is 8.31. The Labute approximate surface area is 134 Å². The first-order chi connectivity index (χ1) is 10.3. The monoisotopic (exact) mass is 315 g/mol. The molecule has 2 saturated heterocycles. The second kappa shape index (κ2) is 9.45. The number of nitrogens with one attached hydrogen (secondary N) is 2. The number of ether oxygens (including phenoxy) is 2. The molecule has 0 radical (unpaired) electrons. The summed E-state index contributed by atoms with van der Waals surface area (Å²) >= 11 is 0. The molecule has 2 N–H and O–H groups in total. The lowest BCUT2D eigenvalue weighted by atomic mass is 10.1. The SMILES string of the molecule is CC(C)(C)OC=O.CC1CNC(CN2CCOC[C@H]2C)CN1. The fraction of sp³-hybridized carbons (Fsp3) is 0.938. The highest BCUT2D eigenvalue weighted by Gasteiger charge is 2.24. The van der Waals surface area contributed by atoms with Gasteiger partial charge in [-0.15, -0.1) is 0 Å². The van der Waals surface area contributed by atoms with E-state index in [1.807, 2.05) is 20.8 Å². The predicted octanol–water partition coefficient (Wildman–Crippen LogP) is 0.615. The molecule has 0 spiro atoms. The predicted molar refractivity (Wildman–Crippen MR) is 88.0 cm³/mol. The van der Waals surface area contributed by atoms with Gasteiger partial charge in [-0.2, -0.15) is 0 Å². The van der Waals surface area contributed by atoms with E-state index in [1.165, 1.54) is 0 Å². The average Bonchev–Trinajstić information content (AvgIpc) is 2.43. The molecule has 0 amide bonds. The molecule has 2 fully saturated rings. The zero-order valence-corrected chi connectivity index (χ0v) is 14.7. The summed E-state index contributed by atoms with van der Waals surface area (Å²) < 4.78 is 9.99. The Bertz CT molecular complexity index is 312. The van der Waals surface area contributed by atoms with Crippen LogP contribution in [0.3, 0.4) is 0 Å². The third-order valence-corrected chi connectivity index (χ3v) is 3.79. The van der Waals surface area contributed by atoms with Gasteiger partial charge in [0.25, 0.3) is 6.47 Å². The van der Waals surface area contributed by atoms with Gasteiger partial charge < -0.3 is 20.1 Å². The Morgan fingerprint density at radius 1 is 1.27 bits per heavy atom. The number of hydrogen-bond donors (Lipinski definition) is 2. The van der Waals surface area contributed by atoms with E-state index in [0.717, 1.165) is 39.4 Å². The molecule has 2 aliphatic rings. The van der Waals surface area contributed by atoms with E-state index in [-0.39, 0.29) is 5.60 Å². The van der Waals surface area contributed by atoms with Gasteiger partial charge >= 0.3 is 0 Å². The van der Waals surface area contributed by atoms with Crippen LogP contribution in [0, 0.1) is 0 Å². The Balaban J connectivity index is 0.000000295. The summed E-state index contributed by atoms with van der Waals surface area (Å²) in [7, 11) is 0. The summed E-state index contributed by atoms with van der Waals surface area (Å²) in [6.45, 7) is 16.6. The number of carbonyl (C=O) groups excluding carboxylic acids is 1. The van der Waals surface area contributed by atoms with Crippen molar-refractivity contribution < 1.29 is 14.3 Å². The zero-order valence-electron chi connectivity index (χ0n) is 14.7. The number of hydrogen-bond acceptors (Lipinski definition) is 6. The molecular weight excluding hydrogens is 282 g/mol. The van der Waals surface area contributed by atoms with E-state index in [2.05, 4.69) is 34.1 Å². The first-order valence-corrected chi connectivity index (χ1v) is 8.22. The van der Waals surface area contributed by atoms with Crippen molar-refractivity contribution in [3.8, 4) is 0 Å². The molecule has 2 heterocycles. The summed E-state index contributed by atoms with van der Waals surface area (Å²) in [5.74, 6) is 0. The van der Waals surface area contributed by atoms with Crippen molar-refractivity contribution in [3.05, 3.63) is 0 Å². The minimum absolute atomic E-state index is 0.318. The lowest BCUT2D eigenvalue weighted by Gasteiger charge is -2.38. The number of piperazine rings is 1. The molecule has 2 aliphatic heterocycles. The molecule has 0 aromatic carbocycles. The van der Waals surface area contributed by atoms with Gasteiger partial charge in [-0.05, 0) is 34.6 Å². The van der Waals surface area contributed by atoms with Crippen LogP contribution >= 0.6 is 0 Å². The van der Waals surface area contributed by atoms with Gasteiger partial charge in [-0.3, -0.25) is 9.69 Å². The summed E-state index contributed by atoms with van der Waals surface area (Å²) in [5, 5.41) is 7.11. The van der Waals surface area contributed by atoms with Crippen LogP contribution in [0.2, 0.25) is 0 Å². The van der Waals surface area contributed by atoms with Crippen molar-refractivity contribution >= 4 is 6.47 Å². The standard InChI is InChI=1S/C11H23N3O.C5H10O2/c1-9-5-13-11(6-12-9)7-14-3-4-15-8-10(14)2;1-5(2,3)7-4-6/h9-13H,3-8H2,1-2H3;4H,1-3H3/t9?,10-,11?;/m1./s1. The maximum atomic E-state index is 9.60. The smallest absolute Gasteiger partial charge is 0.293 e. The zero-order chi connectivity index (χ0) is 16.6. The van der Waals surface area contributed by atoms with Crippen LogP contribution in [0.5, 0.6) is 0 Å². The van der Waals surface area contributed by atoms with E-state index in [4.69, 9.17) is 4.74 Å². The first kappa shape index (κ1) is 19.4. The molecule has 6 heteroatoms. The van der Waals surface area contributed by atoms with Gasteiger partial charge in [0.2, 0.25) is 0 Å².